The molecule has 0 saturated heterocycles. The third kappa shape index (κ3) is 2.82. The highest BCUT2D eigenvalue weighted by Gasteiger charge is 2.27. The van der Waals surface area contributed by atoms with Crippen LogP contribution in [0.3, 0.4) is 0 Å². The quantitative estimate of drug-likeness (QED) is 0.767. The van der Waals surface area contributed by atoms with Crippen molar-refractivity contribution in [1.29, 1.82) is 0 Å². The van der Waals surface area contributed by atoms with Crippen LogP contribution in [0.25, 0.3) is 11.5 Å². The van der Waals surface area contributed by atoms with E-state index >= 15 is 0 Å². The van der Waals surface area contributed by atoms with Crippen molar-refractivity contribution >= 4 is 11.6 Å². The Morgan fingerprint density at radius 1 is 1.20 bits per heavy atom. The Balaban J connectivity index is 1.56. The Morgan fingerprint density at radius 2 is 2.00 bits per heavy atom. The molecule has 25 heavy (non-hydrogen) atoms. The summed E-state index contributed by atoms with van der Waals surface area (Å²) in [5.74, 6) is -0.667. The molecule has 2 aromatic heterocycles. The average Bonchev–Trinajstić information content (AvgIpc) is 3.12. The zero-order chi connectivity index (χ0) is 17.4. The van der Waals surface area contributed by atoms with Crippen molar-refractivity contribution < 1.29 is 13.6 Å². The Morgan fingerprint density at radius 3 is 2.80 bits per heavy atom. The lowest BCUT2D eigenvalue weighted by atomic mass is 10.0. The number of anilines is 1. The lowest BCUT2D eigenvalue weighted by Crippen LogP contribution is -2.37. The molecule has 3 aromatic rings. The van der Waals surface area contributed by atoms with E-state index in [1.807, 2.05) is 0 Å². The standard InChI is InChI=1S/C17H14FN5O2/c18-11-3-1-10(2-4-11)15-21-22-16(25-15)17(24)23-8-6-14-12(9-23)13(19)5-7-20-14/h1-5,7H,6,8-9H2,(H2,19,20). The van der Waals surface area contributed by atoms with Gasteiger partial charge in [-0.05, 0) is 30.3 Å². The van der Waals surface area contributed by atoms with Gasteiger partial charge in [-0.1, -0.05) is 0 Å². The number of rotatable bonds is 2. The van der Waals surface area contributed by atoms with E-state index in [0.29, 0.717) is 30.8 Å². The molecule has 2 N–H and O–H groups in total. The molecule has 1 aliphatic heterocycles. The first kappa shape index (κ1) is 15.3. The molecule has 1 aliphatic rings. The smallest absolute Gasteiger partial charge is 0.311 e. The molecule has 0 radical (unpaired) electrons. The van der Waals surface area contributed by atoms with Crippen LogP contribution in [0.5, 0.6) is 0 Å². The second-order valence-corrected chi connectivity index (χ2v) is 5.72. The van der Waals surface area contributed by atoms with Gasteiger partial charge in [0, 0.05) is 48.2 Å². The summed E-state index contributed by atoms with van der Waals surface area (Å²) in [6.07, 6.45) is 2.28. The van der Waals surface area contributed by atoms with Gasteiger partial charge in [-0.15, -0.1) is 10.2 Å². The summed E-state index contributed by atoms with van der Waals surface area (Å²) in [6.45, 7) is 0.846. The summed E-state index contributed by atoms with van der Waals surface area (Å²) in [6, 6.07) is 7.32. The zero-order valence-corrected chi connectivity index (χ0v) is 13.1. The van der Waals surface area contributed by atoms with Crippen LogP contribution in [0, 0.1) is 5.82 Å². The molecule has 3 heterocycles. The summed E-state index contributed by atoms with van der Waals surface area (Å²) >= 11 is 0. The fourth-order valence-corrected chi connectivity index (χ4v) is 2.79. The van der Waals surface area contributed by atoms with Crippen molar-refractivity contribution in [1.82, 2.24) is 20.1 Å². The lowest BCUT2D eigenvalue weighted by molar-refractivity contribution is 0.0694. The highest BCUT2D eigenvalue weighted by molar-refractivity contribution is 5.90. The van der Waals surface area contributed by atoms with Crippen LogP contribution < -0.4 is 5.73 Å². The second kappa shape index (κ2) is 5.97. The van der Waals surface area contributed by atoms with Gasteiger partial charge in [-0.2, -0.15) is 0 Å². The molecule has 0 saturated carbocycles. The third-order valence-corrected chi connectivity index (χ3v) is 4.14. The molecule has 1 aromatic carbocycles. The fraction of sp³-hybridized carbons (Fsp3) is 0.176. The molecule has 126 valence electrons. The summed E-state index contributed by atoms with van der Waals surface area (Å²) in [5.41, 5.74) is 8.88. The molecule has 0 unspecified atom stereocenters. The predicted octanol–water partition coefficient (Wildman–Crippen LogP) is 2.05. The van der Waals surface area contributed by atoms with Crippen LogP contribution in [0.1, 0.15) is 21.9 Å². The molecule has 8 heteroatoms. The largest absolute Gasteiger partial charge is 0.412 e. The number of amides is 1. The van der Waals surface area contributed by atoms with Crippen molar-refractivity contribution in [2.75, 3.05) is 12.3 Å². The first-order chi connectivity index (χ1) is 12.1. The molecule has 1 amide bonds. The number of nitrogens with zero attached hydrogens (tertiary/aromatic N) is 4. The van der Waals surface area contributed by atoms with E-state index in [2.05, 4.69) is 15.2 Å². The van der Waals surface area contributed by atoms with Gasteiger partial charge in [-0.25, -0.2) is 4.39 Å². The van der Waals surface area contributed by atoms with Crippen LogP contribution in [0.4, 0.5) is 10.1 Å². The number of benzene rings is 1. The minimum absolute atomic E-state index is 0.106. The predicted molar refractivity (Wildman–Crippen MR) is 86.8 cm³/mol. The number of fused-ring (bicyclic) bond motifs is 1. The van der Waals surface area contributed by atoms with E-state index in [4.69, 9.17) is 10.2 Å². The van der Waals surface area contributed by atoms with Crippen molar-refractivity contribution in [3.63, 3.8) is 0 Å². The lowest BCUT2D eigenvalue weighted by Gasteiger charge is -2.27. The molecular formula is C17H14FN5O2. The van der Waals surface area contributed by atoms with E-state index in [9.17, 15) is 9.18 Å². The number of hydrogen-bond donors (Lipinski definition) is 1. The van der Waals surface area contributed by atoms with Gasteiger partial charge >= 0.3 is 11.8 Å². The van der Waals surface area contributed by atoms with E-state index in [1.165, 1.54) is 24.3 Å². The Kier molecular flexibility index (Phi) is 3.64. The maximum Gasteiger partial charge on any atom is 0.311 e. The molecule has 4 rings (SSSR count). The maximum atomic E-state index is 13.0. The number of hydrogen-bond acceptors (Lipinski definition) is 6. The van der Waals surface area contributed by atoms with Crippen molar-refractivity contribution in [2.24, 2.45) is 0 Å². The number of halogens is 1. The van der Waals surface area contributed by atoms with Gasteiger partial charge in [0.25, 0.3) is 0 Å². The van der Waals surface area contributed by atoms with E-state index in [1.54, 1.807) is 17.2 Å². The van der Waals surface area contributed by atoms with Crippen LogP contribution in [0.15, 0.2) is 40.9 Å². The third-order valence-electron chi connectivity index (χ3n) is 4.14. The van der Waals surface area contributed by atoms with Gasteiger partial charge in [0.1, 0.15) is 5.82 Å². The number of nitrogen functional groups attached to an aromatic ring is 1. The SMILES string of the molecule is Nc1ccnc2c1CN(C(=O)c1nnc(-c3ccc(F)cc3)o1)CC2. The van der Waals surface area contributed by atoms with E-state index in [-0.39, 0.29) is 23.5 Å². The summed E-state index contributed by atoms with van der Waals surface area (Å²) in [5, 5.41) is 7.69. The van der Waals surface area contributed by atoms with E-state index in [0.717, 1.165) is 11.3 Å². The average molecular weight is 339 g/mol. The summed E-state index contributed by atoms with van der Waals surface area (Å²) in [7, 11) is 0. The molecule has 0 aliphatic carbocycles. The Labute approximate surface area is 142 Å². The highest BCUT2D eigenvalue weighted by Crippen LogP contribution is 2.24. The monoisotopic (exact) mass is 339 g/mol. The first-order valence-electron chi connectivity index (χ1n) is 7.73. The number of pyridine rings is 1. The number of aromatic nitrogens is 3. The summed E-state index contributed by atoms with van der Waals surface area (Å²) in [4.78, 5) is 18.5. The van der Waals surface area contributed by atoms with Crippen molar-refractivity contribution in [3.8, 4) is 11.5 Å². The van der Waals surface area contributed by atoms with Crippen LogP contribution in [-0.4, -0.2) is 32.5 Å². The van der Waals surface area contributed by atoms with Crippen LogP contribution in [-0.2, 0) is 13.0 Å². The number of carbonyl (C=O) groups excluding carboxylic acids is 1. The molecular weight excluding hydrogens is 325 g/mol. The van der Waals surface area contributed by atoms with Gasteiger partial charge in [0.15, 0.2) is 0 Å². The van der Waals surface area contributed by atoms with Gasteiger partial charge in [-0.3, -0.25) is 9.78 Å². The minimum Gasteiger partial charge on any atom is -0.412 e. The normalized spacial score (nSPS) is 13.6. The molecule has 0 fully saturated rings. The first-order valence-corrected chi connectivity index (χ1v) is 7.73. The molecule has 0 atom stereocenters. The van der Waals surface area contributed by atoms with Crippen molar-refractivity contribution in [2.45, 2.75) is 13.0 Å². The maximum absolute atomic E-state index is 13.0. The topological polar surface area (TPSA) is 98.1 Å². The van der Waals surface area contributed by atoms with Crippen LogP contribution >= 0.6 is 0 Å². The Bertz CT molecular complexity index is 938. The van der Waals surface area contributed by atoms with E-state index < -0.39 is 0 Å². The molecule has 0 bridgehead atoms. The van der Waals surface area contributed by atoms with Gasteiger partial charge < -0.3 is 15.1 Å². The summed E-state index contributed by atoms with van der Waals surface area (Å²) < 4.78 is 18.4. The zero-order valence-electron chi connectivity index (χ0n) is 13.1. The highest BCUT2D eigenvalue weighted by atomic mass is 19.1. The number of nitrogens with two attached hydrogens (primary N) is 1. The minimum atomic E-state index is -0.366. The van der Waals surface area contributed by atoms with Gasteiger partial charge in [0.05, 0.1) is 0 Å². The van der Waals surface area contributed by atoms with Gasteiger partial charge in [0.2, 0.25) is 5.89 Å². The van der Waals surface area contributed by atoms with Crippen LogP contribution in [0.2, 0.25) is 0 Å². The number of carbonyl (C=O) groups is 1. The Hall–Kier alpha value is -3.29. The van der Waals surface area contributed by atoms with Crippen molar-refractivity contribution in [3.05, 3.63) is 59.5 Å². The second-order valence-electron chi connectivity index (χ2n) is 5.72. The molecule has 0 spiro atoms. The molecule has 7 nitrogen and oxygen atoms in total. The fourth-order valence-electron chi connectivity index (χ4n) is 2.79.